The average Bonchev–Trinajstić information content (AvgIpc) is 2.77. The Labute approximate surface area is 144 Å². The van der Waals surface area contributed by atoms with Gasteiger partial charge in [-0.15, -0.1) is 0 Å². The standard InChI is InChI=1S/C20H26N2O2/c1-18(2)11-23-16(21-18)15-14(13-9-7-6-8-10-13)20(15,5)17-22-19(3,4)12-24-17/h6-10,14-15H,11-12H2,1-5H3/t14-,15+,20+/m1/s1. The van der Waals surface area contributed by atoms with Gasteiger partial charge in [-0.2, -0.15) is 0 Å². The van der Waals surface area contributed by atoms with Crippen molar-refractivity contribution in [2.24, 2.45) is 21.3 Å². The summed E-state index contributed by atoms with van der Waals surface area (Å²) in [6.07, 6.45) is 0. The summed E-state index contributed by atoms with van der Waals surface area (Å²) in [5, 5.41) is 0. The van der Waals surface area contributed by atoms with Gasteiger partial charge < -0.3 is 9.47 Å². The molecule has 3 atom stereocenters. The van der Waals surface area contributed by atoms with Crippen LogP contribution >= 0.6 is 0 Å². The molecule has 1 aromatic rings. The van der Waals surface area contributed by atoms with Crippen molar-refractivity contribution >= 4 is 11.8 Å². The second-order valence-electron chi connectivity index (χ2n) is 8.72. The minimum absolute atomic E-state index is 0.141. The van der Waals surface area contributed by atoms with Crippen molar-refractivity contribution in [2.75, 3.05) is 13.2 Å². The van der Waals surface area contributed by atoms with Crippen molar-refractivity contribution in [2.45, 2.75) is 51.6 Å². The molecule has 24 heavy (non-hydrogen) atoms. The fourth-order valence-corrected chi connectivity index (χ4v) is 4.01. The smallest absolute Gasteiger partial charge is 0.191 e. The molecule has 0 amide bonds. The van der Waals surface area contributed by atoms with Gasteiger partial charge in [0.25, 0.3) is 0 Å². The average molecular weight is 326 g/mol. The quantitative estimate of drug-likeness (QED) is 0.847. The molecule has 0 N–H and O–H groups in total. The number of rotatable bonds is 3. The molecule has 0 spiro atoms. The van der Waals surface area contributed by atoms with Crippen LogP contribution in [-0.2, 0) is 9.47 Å². The van der Waals surface area contributed by atoms with E-state index in [0.29, 0.717) is 19.1 Å². The number of aliphatic imine (C=N–C) groups is 2. The Bertz CT molecular complexity index is 720. The lowest BCUT2D eigenvalue weighted by Gasteiger charge is -2.11. The van der Waals surface area contributed by atoms with Crippen LogP contribution in [0.5, 0.6) is 0 Å². The maximum absolute atomic E-state index is 6.03. The van der Waals surface area contributed by atoms with Crippen molar-refractivity contribution in [3.8, 4) is 0 Å². The molecule has 4 rings (SSSR count). The van der Waals surface area contributed by atoms with Gasteiger partial charge in [0.05, 0.1) is 22.4 Å². The SMILES string of the molecule is CC1(C)COC([C@@H]2[C@@H](c3ccccc3)[C@]2(C)C2=NC(C)(C)CO2)=N1. The zero-order valence-electron chi connectivity index (χ0n) is 15.2. The molecule has 1 saturated carbocycles. The summed E-state index contributed by atoms with van der Waals surface area (Å²) in [6, 6.07) is 10.6. The largest absolute Gasteiger partial charge is 0.478 e. The first kappa shape index (κ1) is 15.7. The van der Waals surface area contributed by atoms with Crippen LogP contribution in [0.15, 0.2) is 40.3 Å². The summed E-state index contributed by atoms with van der Waals surface area (Å²) in [4.78, 5) is 9.72. The van der Waals surface area contributed by atoms with Gasteiger partial charge in [-0.3, -0.25) is 0 Å². The zero-order chi connectivity index (χ0) is 17.2. The molecule has 0 aromatic heterocycles. The molecule has 0 bridgehead atoms. The van der Waals surface area contributed by atoms with Crippen molar-refractivity contribution in [3.63, 3.8) is 0 Å². The molecule has 0 saturated heterocycles. The van der Waals surface area contributed by atoms with Gasteiger partial charge in [0.15, 0.2) is 11.8 Å². The molecule has 3 aliphatic rings. The molecule has 0 radical (unpaired) electrons. The van der Waals surface area contributed by atoms with E-state index in [1.54, 1.807) is 0 Å². The van der Waals surface area contributed by atoms with E-state index < -0.39 is 0 Å². The Morgan fingerprint density at radius 2 is 1.46 bits per heavy atom. The highest BCUT2D eigenvalue weighted by molar-refractivity contribution is 5.99. The molecular weight excluding hydrogens is 300 g/mol. The lowest BCUT2D eigenvalue weighted by Crippen LogP contribution is -2.19. The third kappa shape index (κ3) is 2.35. The van der Waals surface area contributed by atoms with Gasteiger partial charge >= 0.3 is 0 Å². The predicted octanol–water partition coefficient (Wildman–Crippen LogP) is 3.82. The van der Waals surface area contributed by atoms with Gasteiger partial charge in [-0.05, 0) is 40.2 Å². The second kappa shape index (κ2) is 4.84. The van der Waals surface area contributed by atoms with E-state index in [4.69, 9.17) is 19.5 Å². The summed E-state index contributed by atoms with van der Waals surface area (Å²) in [7, 11) is 0. The fourth-order valence-electron chi connectivity index (χ4n) is 4.01. The van der Waals surface area contributed by atoms with Crippen molar-refractivity contribution in [3.05, 3.63) is 35.9 Å². The van der Waals surface area contributed by atoms with Gasteiger partial charge in [0.1, 0.15) is 13.2 Å². The first-order chi connectivity index (χ1) is 11.2. The maximum atomic E-state index is 6.03. The van der Waals surface area contributed by atoms with Crippen LogP contribution in [-0.4, -0.2) is 36.1 Å². The van der Waals surface area contributed by atoms with Gasteiger partial charge in [-0.25, -0.2) is 9.98 Å². The Morgan fingerprint density at radius 3 is 2.00 bits per heavy atom. The number of benzene rings is 1. The molecule has 0 unspecified atom stereocenters. The van der Waals surface area contributed by atoms with Crippen molar-refractivity contribution in [1.82, 2.24) is 0 Å². The lowest BCUT2D eigenvalue weighted by atomic mass is 10.0. The van der Waals surface area contributed by atoms with E-state index in [9.17, 15) is 0 Å². The third-order valence-corrected chi connectivity index (χ3v) is 5.35. The Kier molecular flexibility index (Phi) is 3.16. The molecule has 128 valence electrons. The Morgan fingerprint density at radius 1 is 0.833 bits per heavy atom. The highest BCUT2D eigenvalue weighted by Gasteiger charge is 2.70. The van der Waals surface area contributed by atoms with E-state index in [1.165, 1.54) is 5.56 Å². The monoisotopic (exact) mass is 326 g/mol. The zero-order valence-corrected chi connectivity index (χ0v) is 15.2. The van der Waals surface area contributed by atoms with Crippen LogP contribution < -0.4 is 0 Å². The first-order valence-electron chi connectivity index (χ1n) is 8.74. The normalized spacial score (nSPS) is 35.7. The van der Waals surface area contributed by atoms with Crippen LogP contribution in [0.4, 0.5) is 0 Å². The fraction of sp³-hybridized carbons (Fsp3) is 0.600. The minimum Gasteiger partial charge on any atom is -0.478 e. The molecule has 4 nitrogen and oxygen atoms in total. The van der Waals surface area contributed by atoms with Gasteiger partial charge in [-0.1, -0.05) is 30.3 Å². The molecule has 1 aliphatic carbocycles. The van der Waals surface area contributed by atoms with Crippen molar-refractivity contribution in [1.29, 1.82) is 0 Å². The van der Waals surface area contributed by atoms with Crippen molar-refractivity contribution < 1.29 is 9.47 Å². The summed E-state index contributed by atoms with van der Waals surface area (Å²) in [5.41, 5.74) is 0.841. The number of nitrogens with zero attached hydrogens (tertiary/aromatic N) is 2. The number of hydrogen-bond donors (Lipinski definition) is 0. The molecule has 2 heterocycles. The highest BCUT2D eigenvalue weighted by Crippen LogP contribution is 2.67. The van der Waals surface area contributed by atoms with Gasteiger partial charge in [0, 0.05) is 5.92 Å². The van der Waals surface area contributed by atoms with Gasteiger partial charge in [0.2, 0.25) is 0 Å². The summed E-state index contributed by atoms with van der Waals surface area (Å²) in [5.74, 6) is 2.24. The highest BCUT2D eigenvalue weighted by atomic mass is 16.5. The maximum Gasteiger partial charge on any atom is 0.191 e. The Balaban J connectivity index is 1.74. The third-order valence-electron chi connectivity index (χ3n) is 5.35. The van der Waals surface area contributed by atoms with E-state index >= 15 is 0 Å². The molecule has 1 aromatic carbocycles. The van der Waals surface area contributed by atoms with E-state index in [2.05, 4.69) is 65.0 Å². The molecule has 4 heteroatoms. The topological polar surface area (TPSA) is 43.2 Å². The van der Waals surface area contributed by atoms with Crippen LogP contribution in [0.3, 0.4) is 0 Å². The Hall–Kier alpha value is -1.84. The predicted molar refractivity (Wildman–Crippen MR) is 95.7 cm³/mol. The van der Waals surface area contributed by atoms with E-state index in [1.807, 2.05) is 0 Å². The first-order valence-corrected chi connectivity index (χ1v) is 8.74. The molecule has 2 aliphatic heterocycles. The number of ether oxygens (including phenoxy) is 2. The summed E-state index contributed by atoms with van der Waals surface area (Å²) >= 11 is 0. The second-order valence-corrected chi connectivity index (χ2v) is 8.72. The van der Waals surface area contributed by atoms with Crippen LogP contribution in [0.2, 0.25) is 0 Å². The molecular formula is C20H26N2O2. The summed E-state index contributed by atoms with van der Waals surface area (Å²) in [6.45, 7) is 12.0. The van der Waals surface area contributed by atoms with E-state index in [-0.39, 0.29) is 22.4 Å². The van der Waals surface area contributed by atoms with E-state index in [0.717, 1.165) is 11.8 Å². The minimum atomic E-state index is -0.172. The lowest BCUT2D eigenvalue weighted by molar-refractivity contribution is 0.257. The summed E-state index contributed by atoms with van der Waals surface area (Å²) < 4.78 is 12.0. The number of hydrogen-bond acceptors (Lipinski definition) is 4. The van der Waals surface area contributed by atoms with Crippen LogP contribution in [0.1, 0.15) is 46.1 Å². The molecule has 1 fully saturated rings. The van der Waals surface area contributed by atoms with Crippen LogP contribution in [0, 0.1) is 11.3 Å². The van der Waals surface area contributed by atoms with Crippen LogP contribution in [0.25, 0.3) is 0 Å².